The van der Waals surface area contributed by atoms with Crippen molar-refractivity contribution in [1.29, 1.82) is 0 Å². The first kappa shape index (κ1) is 12.9. The molecule has 0 N–H and O–H groups in total. The SMILES string of the molecule is CCC1OCCC1CN1CC2CCCN2CC1C. The molecule has 0 aromatic heterocycles. The van der Waals surface area contributed by atoms with Crippen LogP contribution in [-0.2, 0) is 4.74 Å². The van der Waals surface area contributed by atoms with Crippen LogP contribution in [0.4, 0.5) is 0 Å². The molecular formula is C15H28N2O. The Bertz CT molecular complexity index is 284. The van der Waals surface area contributed by atoms with Crippen LogP contribution in [0.2, 0.25) is 0 Å². The average molecular weight is 252 g/mol. The van der Waals surface area contributed by atoms with Gasteiger partial charge in [0.2, 0.25) is 0 Å². The standard InChI is InChI=1S/C15H28N2O/c1-3-15-13(6-8-18-15)10-17-11-14-5-4-7-16(14)9-12(17)2/h12-15H,3-11H2,1-2H3. The fourth-order valence-corrected chi connectivity index (χ4v) is 4.16. The maximum Gasteiger partial charge on any atom is 0.0613 e. The van der Waals surface area contributed by atoms with Crippen LogP contribution >= 0.6 is 0 Å². The Morgan fingerprint density at radius 2 is 2.11 bits per heavy atom. The van der Waals surface area contributed by atoms with Crippen LogP contribution < -0.4 is 0 Å². The van der Waals surface area contributed by atoms with E-state index < -0.39 is 0 Å². The van der Waals surface area contributed by atoms with Crippen LogP contribution in [0.5, 0.6) is 0 Å². The molecule has 4 unspecified atom stereocenters. The van der Waals surface area contributed by atoms with Gasteiger partial charge >= 0.3 is 0 Å². The predicted octanol–water partition coefficient (Wildman–Crippen LogP) is 1.97. The summed E-state index contributed by atoms with van der Waals surface area (Å²) in [7, 11) is 0. The van der Waals surface area contributed by atoms with Crippen LogP contribution in [0.25, 0.3) is 0 Å². The zero-order valence-corrected chi connectivity index (χ0v) is 12.0. The predicted molar refractivity (Wildman–Crippen MR) is 73.8 cm³/mol. The van der Waals surface area contributed by atoms with Gasteiger partial charge < -0.3 is 4.74 Å². The molecule has 3 aliphatic heterocycles. The van der Waals surface area contributed by atoms with E-state index >= 15 is 0 Å². The highest BCUT2D eigenvalue weighted by Crippen LogP contribution is 2.29. The third-order valence-corrected chi connectivity index (χ3v) is 5.28. The number of hydrogen-bond acceptors (Lipinski definition) is 3. The lowest BCUT2D eigenvalue weighted by Gasteiger charge is -2.43. The average Bonchev–Trinajstić information content (AvgIpc) is 2.98. The Morgan fingerprint density at radius 1 is 1.22 bits per heavy atom. The fourth-order valence-electron chi connectivity index (χ4n) is 4.16. The molecule has 3 heterocycles. The van der Waals surface area contributed by atoms with Crippen molar-refractivity contribution < 1.29 is 4.74 Å². The van der Waals surface area contributed by atoms with Gasteiger partial charge in [0.05, 0.1) is 6.10 Å². The summed E-state index contributed by atoms with van der Waals surface area (Å²) in [4.78, 5) is 5.46. The second kappa shape index (κ2) is 5.48. The van der Waals surface area contributed by atoms with Gasteiger partial charge in [-0.1, -0.05) is 6.92 Å². The quantitative estimate of drug-likeness (QED) is 0.764. The first-order chi connectivity index (χ1) is 8.78. The van der Waals surface area contributed by atoms with Crippen LogP contribution in [0.1, 0.15) is 39.5 Å². The molecule has 3 heteroatoms. The molecule has 3 rings (SSSR count). The van der Waals surface area contributed by atoms with Crippen LogP contribution in [-0.4, -0.2) is 60.8 Å². The van der Waals surface area contributed by atoms with Gasteiger partial charge in [-0.05, 0) is 45.1 Å². The van der Waals surface area contributed by atoms with Gasteiger partial charge in [-0.25, -0.2) is 0 Å². The van der Waals surface area contributed by atoms with Crippen molar-refractivity contribution in [3.05, 3.63) is 0 Å². The number of fused-ring (bicyclic) bond motifs is 1. The highest BCUT2D eigenvalue weighted by atomic mass is 16.5. The summed E-state index contributed by atoms with van der Waals surface area (Å²) in [5.41, 5.74) is 0. The minimum atomic E-state index is 0.527. The van der Waals surface area contributed by atoms with Gasteiger partial charge in [0.1, 0.15) is 0 Å². The maximum atomic E-state index is 5.84. The molecule has 0 spiro atoms. The Kier molecular flexibility index (Phi) is 3.92. The van der Waals surface area contributed by atoms with E-state index in [0.29, 0.717) is 6.10 Å². The molecule has 18 heavy (non-hydrogen) atoms. The van der Waals surface area contributed by atoms with Crippen LogP contribution in [0, 0.1) is 5.92 Å². The van der Waals surface area contributed by atoms with E-state index in [1.165, 1.54) is 51.9 Å². The molecule has 3 nitrogen and oxygen atoms in total. The summed E-state index contributed by atoms with van der Waals surface area (Å²) in [5.74, 6) is 0.783. The second-order valence-corrected chi connectivity index (χ2v) is 6.46. The summed E-state index contributed by atoms with van der Waals surface area (Å²) in [6.07, 6.45) is 5.81. The molecule has 0 bridgehead atoms. The maximum absolute atomic E-state index is 5.84. The Labute approximate surface area is 111 Å². The van der Waals surface area contributed by atoms with Crippen molar-refractivity contribution in [2.24, 2.45) is 5.92 Å². The third kappa shape index (κ3) is 2.45. The van der Waals surface area contributed by atoms with Crippen molar-refractivity contribution >= 4 is 0 Å². The molecule has 0 aromatic rings. The monoisotopic (exact) mass is 252 g/mol. The van der Waals surface area contributed by atoms with E-state index in [1.807, 2.05) is 0 Å². The number of hydrogen-bond donors (Lipinski definition) is 0. The molecular weight excluding hydrogens is 224 g/mol. The summed E-state index contributed by atoms with van der Waals surface area (Å²) in [5, 5.41) is 0. The van der Waals surface area contributed by atoms with Gasteiger partial charge in [0, 0.05) is 38.3 Å². The lowest BCUT2D eigenvalue weighted by atomic mass is 9.97. The molecule has 4 atom stereocenters. The van der Waals surface area contributed by atoms with E-state index in [9.17, 15) is 0 Å². The van der Waals surface area contributed by atoms with E-state index in [4.69, 9.17) is 4.74 Å². The zero-order valence-electron chi connectivity index (χ0n) is 12.0. The third-order valence-electron chi connectivity index (χ3n) is 5.28. The van der Waals surface area contributed by atoms with Crippen molar-refractivity contribution in [1.82, 2.24) is 9.80 Å². The number of rotatable bonds is 3. The van der Waals surface area contributed by atoms with Crippen molar-refractivity contribution in [2.45, 2.75) is 57.7 Å². The normalized spacial score (nSPS) is 42.3. The molecule has 3 fully saturated rings. The van der Waals surface area contributed by atoms with Gasteiger partial charge in [-0.15, -0.1) is 0 Å². The van der Waals surface area contributed by atoms with E-state index in [2.05, 4.69) is 23.6 Å². The molecule has 0 aromatic carbocycles. The molecule has 0 aliphatic carbocycles. The van der Waals surface area contributed by atoms with Crippen LogP contribution in [0.15, 0.2) is 0 Å². The lowest BCUT2D eigenvalue weighted by molar-refractivity contribution is 0.0283. The van der Waals surface area contributed by atoms with Gasteiger partial charge in [-0.2, -0.15) is 0 Å². The van der Waals surface area contributed by atoms with E-state index in [0.717, 1.165) is 24.6 Å². The lowest BCUT2D eigenvalue weighted by Crippen LogP contribution is -2.56. The van der Waals surface area contributed by atoms with Crippen molar-refractivity contribution in [2.75, 3.05) is 32.8 Å². The summed E-state index contributed by atoms with van der Waals surface area (Å²) in [6, 6.07) is 1.58. The summed E-state index contributed by atoms with van der Waals surface area (Å²) >= 11 is 0. The first-order valence-electron chi connectivity index (χ1n) is 7.87. The van der Waals surface area contributed by atoms with Crippen molar-refractivity contribution in [3.63, 3.8) is 0 Å². The zero-order chi connectivity index (χ0) is 12.5. The number of ether oxygens (including phenoxy) is 1. The molecule has 3 aliphatic rings. The topological polar surface area (TPSA) is 15.7 Å². The molecule has 0 saturated carbocycles. The van der Waals surface area contributed by atoms with E-state index in [1.54, 1.807) is 0 Å². The van der Waals surface area contributed by atoms with Gasteiger partial charge in [0.15, 0.2) is 0 Å². The highest BCUT2D eigenvalue weighted by molar-refractivity contribution is 4.92. The fraction of sp³-hybridized carbons (Fsp3) is 1.00. The van der Waals surface area contributed by atoms with Gasteiger partial charge in [0.25, 0.3) is 0 Å². The van der Waals surface area contributed by atoms with Crippen LogP contribution in [0.3, 0.4) is 0 Å². The molecule has 0 amide bonds. The minimum absolute atomic E-state index is 0.527. The summed E-state index contributed by atoms with van der Waals surface area (Å²) < 4.78 is 5.84. The summed E-state index contributed by atoms with van der Waals surface area (Å²) in [6.45, 7) is 10.9. The van der Waals surface area contributed by atoms with Crippen molar-refractivity contribution in [3.8, 4) is 0 Å². The smallest absolute Gasteiger partial charge is 0.0613 e. The molecule has 104 valence electrons. The Hall–Kier alpha value is -0.120. The highest BCUT2D eigenvalue weighted by Gasteiger charge is 2.37. The molecule has 3 saturated heterocycles. The second-order valence-electron chi connectivity index (χ2n) is 6.46. The number of nitrogens with zero attached hydrogens (tertiary/aromatic N) is 2. The molecule has 0 radical (unpaired) electrons. The first-order valence-corrected chi connectivity index (χ1v) is 7.87. The Balaban J connectivity index is 1.58. The van der Waals surface area contributed by atoms with E-state index in [-0.39, 0.29) is 0 Å². The minimum Gasteiger partial charge on any atom is -0.378 e. The largest absolute Gasteiger partial charge is 0.378 e. The Morgan fingerprint density at radius 3 is 2.94 bits per heavy atom. The number of piperazine rings is 1. The van der Waals surface area contributed by atoms with Gasteiger partial charge in [-0.3, -0.25) is 9.80 Å².